The minimum atomic E-state index is -0.310. The van der Waals surface area contributed by atoms with E-state index in [1.165, 1.54) is 18.2 Å². The van der Waals surface area contributed by atoms with Gasteiger partial charge >= 0.3 is 0 Å². The number of carbonyl (C=O) groups is 1. The van der Waals surface area contributed by atoms with Gasteiger partial charge in [-0.2, -0.15) is 11.3 Å². The van der Waals surface area contributed by atoms with Crippen LogP contribution in [0, 0.1) is 5.82 Å². The van der Waals surface area contributed by atoms with Crippen LogP contribution < -0.4 is 5.56 Å². The fourth-order valence-electron chi connectivity index (χ4n) is 3.54. The fourth-order valence-corrected chi connectivity index (χ4v) is 4.19. The first-order chi connectivity index (χ1) is 13.6. The first-order valence-electron chi connectivity index (χ1n) is 9.24. The van der Waals surface area contributed by atoms with Gasteiger partial charge in [0.1, 0.15) is 11.6 Å². The number of benzene rings is 1. The molecule has 144 valence electrons. The number of carbonyl (C=O) groups excluding carboxylic acids is 1. The summed E-state index contributed by atoms with van der Waals surface area (Å²) >= 11 is 1.56. The highest BCUT2D eigenvalue weighted by atomic mass is 32.1. The highest BCUT2D eigenvalue weighted by Gasteiger charge is 2.26. The van der Waals surface area contributed by atoms with Crippen LogP contribution in [0.4, 0.5) is 4.39 Å². The number of hydrogen-bond acceptors (Lipinski definition) is 4. The third-order valence-corrected chi connectivity index (χ3v) is 5.69. The van der Waals surface area contributed by atoms with E-state index in [4.69, 9.17) is 0 Å². The van der Waals surface area contributed by atoms with Gasteiger partial charge in [-0.3, -0.25) is 9.59 Å². The van der Waals surface area contributed by atoms with Crippen molar-refractivity contribution in [1.82, 2.24) is 14.9 Å². The molecule has 2 aromatic heterocycles. The van der Waals surface area contributed by atoms with Crippen molar-refractivity contribution in [3.8, 4) is 11.3 Å². The third-order valence-electron chi connectivity index (χ3n) is 5.01. The summed E-state index contributed by atoms with van der Waals surface area (Å²) < 4.78 is 13.1. The molecule has 0 bridgehead atoms. The van der Waals surface area contributed by atoms with E-state index >= 15 is 0 Å². The number of rotatable bonds is 4. The normalized spacial score (nSPS) is 16.9. The predicted octanol–water partition coefficient (Wildman–Crippen LogP) is 3.59. The number of H-pyrrole nitrogens is 1. The van der Waals surface area contributed by atoms with E-state index in [9.17, 15) is 14.0 Å². The molecule has 1 aliphatic rings. The van der Waals surface area contributed by atoms with Crippen molar-refractivity contribution < 1.29 is 9.18 Å². The molecular formula is C21H20FN3O2S. The molecule has 0 radical (unpaired) electrons. The van der Waals surface area contributed by atoms with Gasteiger partial charge in [-0.05, 0) is 42.0 Å². The van der Waals surface area contributed by atoms with E-state index in [0.717, 1.165) is 24.0 Å². The molecule has 0 spiro atoms. The first kappa shape index (κ1) is 18.6. The molecule has 4 rings (SSSR count). The number of aromatic amines is 1. The number of likely N-dealkylation sites (tertiary alicyclic amines) is 1. The summed E-state index contributed by atoms with van der Waals surface area (Å²) in [5.74, 6) is 0.326. The minimum Gasteiger partial charge on any atom is -0.342 e. The maximum atomic E-state index is 13.1. The van der Waals surface area contributed by atoms with Crippen molar-refractivity contribution in [3.63, 3.8) is 0 Å². The Kier molecular flexibility index (Phi) is 5.34. The molecule has 1 fully saturated rings. The highest BCUT2D eigenvalue weighted by molar-refractivity contribution is 7.08. The molecule has 3 heterocycles. The Bertz CT molecular complexity index is 1010. The smallest absolute Gasteiger partial charge is 0.251 e. The lowest BCUT2D eigenvalue weighted by Gasteiger charge is -2.32. The van der Waals surface area contributed by atoms with E-state index < -0.39 is 0 Å². The minimum absolute atomic E-state index is 0.00259. The zero-order chi connectivity index (χ0) is 19.5. The number of thiophene rings is 1. The summed E-state index contributed by atoms with van der Waals surface area (Å²) in [6, 6.07) is 9.45. The van der Waals surface area contributed by atoms with Gasteiger partial charge in [0.05, 0.1) is 12.1 Å². The Balaban J connectivity index is 1.50. The van der Waals surface area contributed by atoms with Crippen molar-refractivity contribution in [2.45, 2.75) is 25.2 Å². The van der Waals surface area contributed by atoms with Crippen molar-refractivity contribution in [2.75, 3.05) is 13.1 Å². The molecule has 1 N–H and O–H groups in total. The summed E-state index contributed by atoms with van der Waals surface area (Å²) in [4.78, 5) is 34.1. The Morgan fingerprint density at radius 1 is 1.29 bits per heavy atom. The number of amides is 1. The van der Waals surface area contributed by atoms with Crippen LogP contribution in [0.25, 0.3) is 11.3 Å². The Morgan fingerprint density at radius 2 is 2.11 bits per heavy atom. The quantitative estimate of drug-likeness (QED) is 0.732. The van der Waals surface area contributed by atoms with Crippen LogP contribution in [0.2, 0.25) is 0 Å². The third kappa shape index (κ3) is 4.20. The van der Waals surface area contributed by atoms with E-state index in [-0.39, 0.29) is 29.6 Å². The Morgan fingerprint density at radius 3 is 2.86 bits per heavy atom. The number of piperidine rings is 1. The molecule has 0 aliphatic carbocycles. The molecule has 1 atom stereocenters. The van der Waals surface area contributed by atoms with Crippen LogP contribution in [0.15, 0.2) is 52.0 Å². The predicted molar refractivity (Wildman–Crippen MR) is 107 cm³/mol. The molecule has 0 saturated carbocycles. The van der Waals surface area contributed by atoms with Gasteiger partial charge in [0.25, 0.3) is 5.56 Å². The van der Waals surface area contributed by atoms with Gasteiger partial charge in [0, 0.05) is 36.0 Å². The zero-order valence-electron chi connectivity index (χ0n) is 15.2. The topological polar surface area (TPSA) is 66.1 Å². The number of nitrogens with zero attached hydrogens (tertiary/aromatic N) is 2. The van der Waals surface area contributed by atoms with Gasteiger partial charge < -0.3 is 9.88 Å². The van der Waals surface area contributed by atoms with Crippen molar-refractivity contribution in [1.29, 1.82) is 0 Å². The highest BCUT2D eigenvalue weighted by Crippen LogP contribution is 2.26. The second kappa shape index (κ2) is 8.06. The fraction of sp³-hybridized carbons (Fsp3) is 0.286. The lowest BCUT2D eigenvalue weighted by molar-refractivity contribution is -0.131. The summed E-state index contributed by atoms with van der Waals surface area (Å²) in [5.41, 5.74) is 2.20. The number of hydrogen-bond donors (Lipinski definition) is 1. The standard InChI is InChI=1S/C21H20FN3O2S/c22-17-5-3-14(4-6-17)10-20(27)25-8-1-2-15(12-25)21-23-18(11-19(26)24-21)16-7-9-28-13-16/h3-7,9,11,13,15H,1-2,8,10,12H2,(H,23,24,26)/t15-/m1/s1. The summed E-state index contributed by atoms with van der Waals surface area (Å²) in [6.45, 7) is 1.21. The van der Waals surface area contributed by atoms with E-state index in [1.807, 2.05) is 21.7 Å². The van der Waals surface area contributed by atoms with Crippen molar-refractivity contribution in [2.24, 2.45) is 0 Å². The molecule has 1 amide bonds. The molecule has 28 heavy (non-hydrogen) atoms. The van der Waals surface area contributed by atoms with Crippen molar-refractivity contribution >= 4 is 17.2 Å². The average molecular weight is 397 g/mol. The second-order valence-electron chi connectivity index (χ2n) is 7.01. The maximum absolute atomic E-state index is 13.1. The average Bonchev–Trinajstić information content (AvgIpc) is 3.24. The maximum Gasteiger partial charge on any atom is 0.251 e. The summed E-state index contributed by atoms with van der Waals surface area (Å²) in [7, 11) is 0. The van der Waals surface area contributed by atoms with Crippen LogP contribution in [-0.2, 0) is 11.2 Å². The van der Waals surface area contributed by atoms with Gasteiger partial charge in [0.2, 0.25) is 5.91 Å². The Labute approximate surface area is 165 Å². The second-order valence-corrected chi connectivity index (χ2v) is 7.79. The largest absolute Gasteiger partial charge is 0.342 e. The van der Waals surface area contributed by atoms with E-state index in [2.05, 4.69) is 9.97 Å². The molecule has 5 nitrogen and oxygen atoms in total. The monoisotopic (exact) mass is 397 g/mol. The van der Waals surface area contributed by atoms with Gasteiger partial charge in [-0.25, -0.2) is 9.37 Å². The molecule has 3 aromatic rings. The Hall–Kier alpha value is -2.80. The first-order valence-corrected chi connectivity index (χ1v) is 10.2. The number of halogens is 1. The van der Waals surface area contributed by atoms with Gasteiger partial charge in [-0.15, -0.1) is 0 Å². The van der Waals surface area contributed by atoms with Crippen LogP contribution in [0.5, 0.6) is 0 Å². The SMILES string of the molecule is O=C(Cc1ccc(F)cc1)N1CCC[C@@H](c2nc(-c3ccsc3)cc(=O)[nH]2)C1. The lowest BCUT2D eigenvalue weighted by atomic mass is 9.96. The number of nitrogens with one attached hydrogen (secondary N) is 1. The molecule has 1 saturated heterocycles. The summed E-state index contributed by atoms with van der Waals surface area (Å²) in [5, 5.41) is 3.92. The lowest BCUT2D eigenvalue weighted by Crippen LogP contribution is -2.40. The van der Waals surface area contributed by atoms with E-state index in [1.54, 1.807) is 23.5 Å². The van der Waals surface area contributed by atoms with Crippen LogP contribution in [0.3, 0.4) is 0 Å². The van der Waals surface area contributed by atoms with Crippen LogP contribution >= 0.6 is 11.3 Å². The van der Waals surface area contributed by atoms with Crippen LogP contribution in [0.1, 0.15) is 30.1 Å². The number of aromatic nitrogens is 2. The van der Waals surface area contributed by atoms with Crippen LogP contribution in [-0.4, -0.2) is 33.9 Å². The van der Waals surface area contributed by atoms with Crippen molar-refractivity contribution in [3.05, 3.63) is 74.7 Å². The van der Waals surface area contributed by atoms with E-state index in [0.29, 0.717) is 24.6 Å². The van der Waals surface area contributed by atoms with Gasteiger partial charge in [-0.1, -0.05) is 12.1 Å². The molecule has 1 aliphatic heterocycles. The molecule has 7 heteroatoms. The van der Waals surface area contributed by atoms with Gasteiger partial charge in [0.15, 0.2) is 0 Å². The molecular weight excluding hydrogens is 377 g/mol. The molecule has 0 unspecified atom stereocenters. The molecule has 1 aromatic carbocycles. The summed E-state index contributed by atoms with van der Waals surface area (Å²) in [6.07, 6.45) is 1.97. The zero-order valence-corrected chi connectivity index (χ0v) is 16.0.